The molecule has 1 N–H and O–H groups in total. The van der Waals surface area contributed by atoms with Crippen LogP contribution in [-0.4, -0.2) is 18.5 Å². The van der Waals surface area contributed by atoms with E-state index in [9.17, 15) is 8.78 Å². The third-order valence-corrected chi connectivity index (χ3v) is 1.28. The number of nitrogens with one attached hydrogen (secondary N) is 1. The Bertz CT molecular complexity index is 93.7. The summed E-state index contributed by atoms with van der Waals surface area (Å²) >= 11 is 0. The van der Waals surface area contributed by atoms with Gasteiger partial charge in [0.2, 0.25) is 0 Å². The summed E-state index contributed by atoms with van der Waals surface area (Å²) in [6.45, 7) is 0.764. The minimum absolute atomic E-state index is 0.169. The molecule has 1 nitrogen and oxygen atoms in total. The Morgan fingerprint density at radius 3 is 2.44 bits per heavy atom. The number of rotatable bonds is 3. The van der Waals surface area contributed by atoms with Crippen LogP contribution >= 0.6 is 0 Å². The Balaban J connectivity index is 2.03. The van der Waals surface area contributed by atoms with Gasteiger partial charge in [-0.2, -0.15) is 0 Å². The predicted octanol–water partition coefficient (Wildman–Crippen LogP) is 1.39. The molecule has 0 spiro atoms. The van der Waals surface area contributed by atoms with Crippen LogP contribution in [0.4, 0.5) is 8.78 Å². The van der Waals surface area contributed by atoms with E-state index in [4.69, 9.17) is 0 Å². The van der Waals surface area contributed by atoms with Gasteiger partial charge in [0.1, 0.15) is 0 Å². The van der Waals surface area contributed by atoms with Crippen molar-refractivity contribution in [3.63, 3.8) is 0 Å². The average Bonchev–Trinajstić information content (AvgIpc) is 2.38. The molecule has 0 radical (unpaired) electrons. The van der Waals surface area contributed by atoms with E-state index in [-0.39, 0.29) is 6.54 Å². The summed E-state index contributed by atoms with van der Waals surface area (Å²) < 4.78 is 24.1. The van der Waals surface area contributed by atoms with Gasteiger partial charge < -0.3 is 5.32 Å². The average molecular weight is 135 g/mol. The Morgan fingerprint density at radius 2 is 2.11 bits per heavy atom. The van der Waals surface area contributed by atoms with Crippen molar-refractivity contribution in [2.75, 3.05) is 6.54 Å². The SMILES string of the molecule is CC(F)(F)CNC1CC1. The lowest BCUT2D eigenvalue weighted by Crippen LogP contribution is -2.31. The highest BCUT2D eigenvalue weighted by Gasteiger charge is 2.26. The van der Waals surface area contributed by atoms with E-state index >= 15 is 0 Å². The highest BCUT2D eigenvalue weighted by Crippen LogP contribution is 2.20. The van der Waals surface area contributed by atoms with Gasteiger partial charge in [0, 0.05) is 13.0 Å². The van der Waals surface area contributed by atoms with Gasteiger partial charge in [-0.15, -0.1) is 0 Å². The maximum Gasteiger partial charge on any atom is 0.257 e. The molecule has 1 saturated carbocycles. The van der Waals surface area contributed by atoms with Crippen LogP contribution < -0.4 is 5.32 Å². The van der Waals surface area contributed by atoms with Crippen LogP contribution in [-0.2, 0) is 0 Å². The first-order chi connectivity index (χ1) is 4.08. The van der Waals surface area contributed by atoms with E-state index in [0.717, 1.165) is 19.8 Å². The molecule has 0 aromatic carbocycles. The molecular formula is C6H11F2N. The summed E-state index contributed by atoms with van der Waals surface area (Å²) in [6, 6.07) is 0.385. The van der Waals surface area contributed by atoms with E-state index in [1.165, 1.54) is 0 Å². The lowest BCUT2D eigenvalue weighted by atomic mass is 10.4. The second-order valence-electron chi connectivity index (χ2n) is 2.73. The Labute approximate surface area is 53.4 Å². The second kappa shape index (κ2) is 2.21. The molecule has 1 rings (SSSR count). The summed E-state index contributed by atoms with van der Waals surface area (Å²) in [5.74, 6) is -2.54. The topological polar surface area (TPSA) is 12.0 Å². The number of alkyl halides is 2. The minimum atomic E-state index is -2.54. The van der Waals surface area contributed by atoms with Crippen molar-refractivity contribution in [3.05, 3.63) is 0 Å². The molecule has 0 atom stereocenters. The second-order valence-corrected chi connectivity index (χ2v) is 2.73. The molecule has 3 heteroatoms. The number of hydrogen-bond donors (Lipinski definition) is 1. The highest BCUT2D eigenvalue weighted by molar-refractivity contribution is 4.82. The van der Waals surface area contributed by atoms with Crippen molar-refractivity contribution in [2.45, 2.75) is 31.7 Å². The maximum absolute atomic E-state index is 12.0. The fourth-order valence-electron chi connectivity index (χ4n) is 0.611. The van der Waals surface area contributed by atoms with Crippen molar-refractivity contribution in [3.8, 4) is 0 Å². The molecule has 0 aromatic heterocycles. The predicted molar refractivity (Wildman–Crippen MR) is 31.6 cm³/mol. The molecule has 0 saturated heterocycles. The molecular weight excluding hydrogens is 124 g/mol. The van der Waals surface area contributed by atoms with Gasteiger partial charge >= 0.3 is 0 Å². The van der Waals surface area contributed by atoms with Gasteiger partial charge in [-0.05, 0) is 12.8 Å². The first-order valence-corrected chi connectivity index (χ1v) is 3.19. The van der Waals surface area contributed by atoms with Crippen molar-refractivity contribution in [1.29, 1.82) is 0 Å². The van der Waals surface area contributed by atoms with Crippen LogP contribution in [0, 0.1) is 0 Å². The molecule has 1 aliphatic rings. The third kappa shape index (κ3) is 3.40. The molecule has 54 valence electrons. The van der Waals surface area contributed by atoms with Crippen LogP contribution in [0.15, 0.2) is 0 Å². The van der Waals surface area contributed by atoms with E-state index in [1.54, 1.807) is 0 Å². The Hall–Kier alpha value is -0.180. The van der Waals surface area contributed by atoms with Gasteiger partial charge in [-0.25, -0.2) is 8.78 Å². The Kier molecular flexibility index (Phi) is 1.70. The zero-order valence-electron chi connectivity index (χ0n) is 5.45. The van der Waals surface area contributed by atoms with E-state index in [0.29, 0.717) is 6.04 Å². The minimum Gasteiger partial charge on any atom is -0.308 e. The van der Waals surface area contributed by atoms with Crippen LogP contribution in [0.25, 0.3) is 0 Å². The molecule has 9 heavy (non-hydrogen) atoms. The molecule has 0 heterocycles. The number of hydrogen-bond acceptors (Lipinski definition) is 1. The van der Waals surface area contributed by atoms with Gasteiger partial charge in [0.05, 0.1) is 6.54 Å². The summed E-state index contributed by atoms with van der Waals surface area (Å²) in [6.07, 6.45) is 2.13. The standard InChI is InChI=1S/C6H11F2N/c1-6(7,8)4-9-5-2-3-5/h5,9H,2-4H2,1H3. The van der Waals surface area contributed by atoms with Crippen LogP contribution in [0.2, 0.25) is 0 Å². The van der Waals surface area contributed by atoms with E-state index in [2.05, 4.69) is 5.32 Å². The maximum atomic E-state index is 12.0. The van der Waals surface area contributed by atoms with Crippen molar-refractivity contribution in [2.24, 2.45) is 0 Å². The smallest absolute Gasteiger partial charge is 0.257 e. The molecule has 0 aliphatic heterocycles. The lowest BCUT2D eigenvalue weighted by Gasteiger charge is -2.09. The summed E-state index contributed by atoms with van der Waals surface area (Å²) in [7, 11) is 0. The van der Waals surface area contributed by atoms with Crippen molar-refractivity contribution >= 4 is 0 Å². The van der Waals surface area contributed by atoms with Gasteiger partial charge in [0.25, 0.3) is 5.92 Å². The molecule has 0 amide bonds. The van der Waals surface area contributed by atoms with E-state index in [1.807, 2.05) is 0 Å². The molecule has 1 aliphatic carbocycles. The first-order valence-electron chi connectivity index (χ1n) is 3.19. The van der Waals surface area contributed by atoms with Gasteiger partial charge in [0.15, 0.2) is 0 Å². The van der Waals surface area contributed by atoms with Gasteiger partial charge in [-0.1, -0.05) is 0 Å². The summed E-state index contributed by atoms with van der Waals surface area (Å²) in [5.41, 5.74) is 0. The fourth-order valence-corrected chi connectivity index (χ4v) is 0.611. The molecule has 0 unspecified atom stereocenters. The van der Waals surface area contributed by atoms with E-state index < -0.39 is 5.92 Å². The zero-order chi connectivity index (χ0) is 6.91. The monoisotopic (exact) mass is 135 g/mol. The van der Waals surface area contributed by atoms with Crippen LogP contribution in [0.5, 0.6) is 0 Å². The van der Waals surface area contributed by atoms with Crippen molar-refractivity contribution in [1.82, 2.24) is 5.32 Å². The normalized spacial score (nSPS) is 20.3. The summed E-state index contributed by atoms with van der Waals surface area (Å²) in [4.78, 5) is 0. The zero-order valence-corrected chi connectivity index (χ0v) is 5.45. The first kappa shape index (κ1) is 6.93. The van der Waals surface area contributed by atoms with Crippen LogP contribution in [0.3, 0.4) is 0 Å². The third-order valence-electron chi connectivity index (χ3n) is 1.28. The fraction of sp³-hybridized carbons (Fsp3) is 1.00. The van der Waals surface area contributed by atoms with Gasteiger partial charge in [-0.3, -0.25) is 0 Å². The number of halogens is 2. The largest absolute Gasteiger partial charge is 0.308 e. The highest BCUT2D eigenvalue weighted by atomic mass is 19.3. The van der Waals surface area contributed by atoms with Crippen LogP contribution in [0.1, 0.15) is 19.8 Å². The molecule has 1 fully saturated rings. The Morgan fingerprint density at radius 1 is 1.56 bits per heavy atom. The molecule has 0 aromatic rings. The quantitative estimate of drug-likeness (QED) is 0.616. The molecule has 0 bridgehead atoms. The lowest BCUT2D eigenvalue weighted by molar-refractivity contribution is 0.0223. The summed E-state index contributed by atoms with van der Waals surface area (Å²) in [5, 5.41) is 2.75. The van der Waals surface area contributed by atoms with Crippen molar-refractivity contribution < 1.29 is 8.78 Å².